The Morgan fingerprint density at radius 3 is 2.68 bits per heavy atom. The van der Waals surface area contributed by atoms with E-state index in [-0.39, 0.29) is 17.1 Å². The van der Waals surface area contributed by atoms with Crippen LogP contribution in [0.25, 0.3) is 16.9 Å². The summed E-state index contributed by atoms with van der Waals surface area (Å²) >= 11 is 0. The van der Waals surface area contributed by atoms with Gasteiger partial charge in [-0.05, 0) is 95.3 Å². The highest BCUT2D eigenvalue weighted by Gasteiger charge is 2.40. The molecule has 0 amide bonds. The van der Waals surface area contributed by atoms with Gasteiger partial charge in [-0.1, -0.05) is 12.1 Å². The van der Waals surface area contributed by atoms with Gasteiger partial charge in [0.15, 0.2) is 11.5 Å². The van der Waals surface area contributed by atoms with Crippen molar-refractivity contribution in [3.63, 3.8) is 0 Å². The van der Waals surface area contributed by atoms with Crippen molar-refractivity contribution < 1.29 is 0 Å². The van der Waals surface area contributed by atoms with Crippen molar-refractivity contribution in [1.29, 1.82) is 5.26 Å². The fourth-order valence-electron chi connectivity index (χ4n) is 5.73. The van der Waals surface area contributed by atoms with Gasteiger partial charge in [-0.25, -0.2) is 19.3 Å². The maximum atomic E-state index is 13.4. The summed E-state index contributed by atoms with van der Waals surface area (Å²) in [6.45, 7) is 9.24. The highest BCUT2D eigenvalue weighted by atomic mass is 16.1. The molecule has 2 aliphatic rings. The number of nitrogens with one attached hydrogen (secondary N) is 2. The first kappa shape index (κ1) is 24.3. The summed E-state index contributed by atoms with van der Waals surface area (Å²) in [6.07, 6.45) is 5.15. The average Bonchev–Trinajstić information content (AvgIpc) is 3.15. The van der Waals surface area contributed by atoms with E-state index in [1.165, 1.54) is 11.1 Å². The summed E-state index contributed by atoms with van der Waals surface area (Å²) in [6, 6.07) is 14.4. The standard InChI is InChI=1S/C29H32N8O/c1-18(2)36-26(38)21-16-31-27(33-20-9-10-22-19(15-20)11-14-32-28(22,3)4)35-25(21)37(36)24-8-5-7-23(34-24)29(17-30)12-6-13-29/h5,7-10,15-16,18,32H,6,11-14H2,1-4H3,(H,31,33,35). The minimum Gasteiger partial charge on any atom is -0.324 e. The number of hydrogen-bond donors (Lipinski definition) is 2. The number of fused-ring (bicyclic) bond motifs is 2. The summed E-state index contributed by atoms with van der Waals surface area (Å²) in [5.74, 6) is 0.974. The van der Waals surface area contributed by atoms with Gasteiger partial charge in [0, 0.05) is 23.5 Å². The lowest BCUT2D eigenvalue weighted by atomic mass is 9.67. The molecular weight excluding hydrogens is 476 g/mol. The van der Waals surface area contributed by atoms with Gasteiger partial charge in [0.1, 0.15) is 5.39 Å². The molecule has 0 spiro atoms. The zero-order valence-corrected chi connectivity index (χ0v) is 22.2. The van der Waals surface area contributed by atoms with Gasteiger partial charge in [0.2, 0.25) is 5.95 Å². The SMILES string of the molecule is CC(C)n1c(=O)c2cnc(Nc3ccc4c(c3)CCNC4(C)C)nc2n1-c1cccc(C2(C#N)CCC2)n1. The molecule has 9 heteroatoms. The summed E-state index contributed by atoms with van der Waals surface area (Å²) in [5, 5.41) is 17.2. The lowest BCUT2D eigenvalue weighted by Crippen LogP contribution is -2.42. The quantitative estimate of drug-likeness (QED) is 0.404. The van der Waals surface area contributed by atoms with Crippen LogP contribution in [0, 0.1) is 11.3 Å². The van der Waals surface area contributed by atoms with Crippen LogP contribution in [0.15, 0.2) is 47.4 Å². The first-order valence-corrected chi connectivity index (χ1v) is 13.3. The van der Waals surface area contributed by atoms with Crippen LogP contribution >= 0.6 is 0 Å². The first-order valence-electron chi connectivity index (χ1n) is 13.3. The van der Waals surface area contributed by atoms with Gasteiger partial charge in [-0.3, -0.25) is 4.79 Å². The van der Waals surface area contributed by atoms with E-state index >= 15 is 0 Å². The molecule has 0 atom stereocenters. The van der Waals surface area contributed by atoms with E-state index in [0.29, 0.717) is 22.8 Å². The predicted octanol–water partition coefficient (Wildman–Crippen LogP) is 4.63. The van der Waals surface area contributed by atoms with Crippen molar-refractivity contribution in [2.24, 2.45) is 0 Å². The van der Waals surface area contributed by atoms with Crippen molar-refractivity contribution in [3.05, 3.63) is 69.8 Å². The molecule has 4 heterocycles. The van der Waals surface area contributed by atoms with Crippen LogP contribution < -0.4 is 16.2 Å². The number of aromatic nitrogens is 5. The van der Waals surface area contributed by atoms with Gasteiger partial charge in [-0.15, -0.1) is 0 Å². The van der Waals surface area contributed by atoms with Crippen molar-refractivity contribution >= 4 is 22.7 Å². The van der Waals surface area contributed by atoms with E-state index in [0.717, 1.165) is 43.6 Å². The van der Waals surface area contributed by atoms with Crippen LogP contribution in [0.3, 0.4) is 0 Å². The van der Waals surface area contributed by atoms with Crippen molar-refractivity contribution in [2.45, 2.75) is 70.4 Å². The zero-order chi connectivity index (χ0) is 26.7. The Kier molecular flexibility index (Phi) is 5.61. The Labute approximate surface area is 221 Å². The number of nitriles is 1. The van der Waals surface area contributed by atoms with E-state index < -0.39 is 5.41 Å². The molecular formula is C29H32N8O. The second-order valence-corrected chi connectivity index (χ2v) is 11.2. The molecule has 1 aliphatic carbocycles. The molecule has 1 aromatic carbocycles. The maximum Gasteiger partial charge on any atom is 0.278 e. The maximum absolute atomic E-state index is 13.4. The van der Waals surface area contributed by atoms with Crippen molar-refractivity contribution in [1.82, 2.24) is 29.6 Å². The number of rotatable bonds is 5. The molecule has 2 N–H and O–H groups in total. The summed E-state index contributed by atoms with van der Waals surface area (Å²) in [5.41, 5.74) is 3.92. The fraction of sp³-hybridized carbons (Fsp3) is 0.414. The lowest BCUT2D eigenvalue weighted by molar-refractivity contribution is 0.315. The molecule has 194 valence electrons. The van der Waals surface area contributed by atoms with E-state index in [9.17, 15) is 10.1 Å². The molecule has 6 rings (SSSR count). The normalized spacial score (nSPS) is 17.6. The molecule has 3 aromatic heterocycles. The topological polar surface area (TPSA) is 113 Å². The molecule has 1 aliphatic heterocycles. The molecule has 0 radical (unpaired) electrons. The van der Waals surface area contributed by atoms with Crippen molar-refractivity contribution in [3.8, 4) is 11.9 Å². The van der Waals surface area contributed by atoms with Crippen LogP contribution in [0.4, 0.5) is 11.6 Å². The Morgan fingerprint density at radius 1 is 1.16 bits per heavy atom. The zero-order valence-electron chi connectivity index (χ0n) is 22.2. The van der Waals surface area contributed by atoms with E-state index in [1.807, 2.05) is 38.1 Å². The van der Waals surface area contributed by atoms with Crippen LogP contribution in [0.2, 0.25) is 0 Å². The largest absolute Gasteiger partial charge is 0.324 e. The molecule has 1 saturated carbocycles. The Balaban J connectivity index is 1.45. The van der Waals surface area contributed by atoms with Gasteiger partial charge in [0.05, 0.1) is 17.2 Å². The molecule has 0 bridgehead atoms. The van der Waals surface area contributed by atoms with Crippen LogP contribution in [-0.2, 0) is 17.4 Å². The molecule has 0 saturated heterocycles. The lowest BCUT2D eigenvalue weighted by Gasteiger charge is -2.34. The number of hydrogen-bond acceptors (Lipinski definition) is 7. The minimum absolute atomic E-state index is 0.0670. The number of nitrogens with zero attached hydrogens (tertiary/aromatic N) is 6. The fourth-order valence-corrected chi connectivity index (χ4v) is 5.73. The van der Waals surface area contributed by atoms with E-state index in [1.54, 1.807) is 15.6 Å². The number of benzene rings is 1. The smallest absolute Gasteiger partial charge is 0.278 e. The van der Waals surface area contributed by atoms with Gasteiger partial charge < -0.3 is 10.6 Å². The second-order valence-electron chi connectivity index (χ2n) is 11.2. The van der Waals surface area contributed by atoms with Crippen LogP contribution in [-0.4, -0.2) is 30.9 Å². The monoisotopic (exact) mass is 508 g/mol. The Hall–Kier alpha value is -4.03. The van der Waals surface area contributed by atoms with Crippen molar-refractivity contribution in [2.75, 3.05) is 11.9 Å². The van der Waals surface area contributed by atoms with Gasteiger partial charge in [-0.2, -0.15) is 10.2 Å². The minimum atomic E-state index is -0.555. The number of anilines is 2. The van der Waals surface area contributed by atoms with E-state index in [4.69, 9.17) is 9.97 Å². The summed E-state index contributed by atoms with van der Waals surface area (Å²) in [7, 11) is 0. The van der Waals surface area contributed by atoms with Gasteiger partial charge in [0.25, 0.3) is 5.56 Å². The number of pyridine rings is 1. The third kappa shape index (κ3) is 3.79. The highest BCUT2D eigenvalue weighted by Crippen LogP contribution is 2.42. The second kappa shape index (κ2) is 8.77. The van der Waals surface area contributed by atoms with E-state index in [2.05, 4.69) is 47.7 Å². The Bertz CT molecular complexity index is 1650. The molecule has 9 nitrogen and oxygen atoms in total. The van der Waals surface area contributed by atoms with Crippen LogP contribution in [0.1, 0.15) is 69.8 Å². The first-order chi connectivity index (χ1) is 18.2. The molecule has 38 heavy (non-hydrogen) atoms. The molecule has 0 unspecified atom stereocenters. The average molecular weight is 509 g/mol. The summed E-state index contributed by atoms with van der Waals surface area (Å²) < 4.78 is 3.42. The van der Waals surface area contributed by atoms with Crippen LogP contribution in [0.5, 0.6) is 0 Å². The molecule has 4 aromatic rings. The third-order valence-electron chi connectivity index (χ3n) is 7.97. The third-order valence-corrected chi connectivity index (χ3v) is 7.97. The Morgan fingerprint density at radius 2 is 1.97 bits per heavy atom. The highest BCUT2D eigenvalue weighted by molar-refractivity contribution is 5.77. The predicted molar refractivity (Wildman–Crippen MR) is 147 cm³/mol. The summed E-state index contributed by atoms with van der Waals surface area (Å²) in [4.78, 5) is 27.6. The van der Waals surface area contributed by atoms with Gasteiger partial charge >= 0.3 is 0 Å². The molecule has 1 fully saturated rings.